The van der Waals surface area contributed by atoms with Crippen molar-refractivity contribution in [2.75, 3.05) is 6.61 Å². The van der Waals surface area contributed by atoms with Gasteiger partial charge in [0.05, 0.1) is 11.9 Å². The summed E-state index contributed by atoms with van der Waals surface area (Å²) in [7, 11) is 0. The van der Waals surface area contributed by atoms with Crippen molar-refractivity contribution in [3.05, 3.63) is 33.1 Å². The van der Waals surface area contributed by atoms with Crippen LogP contribution in [0.3, 0.4) is 0 Å². The molecule has 0 aliphatic carbocycles. The van der Waals surface area contributed by atoms with Crippen LogP contribution < -0.4 is 11.2 Å². The minimum Gasteiger partial charge on any atom is -0.395 e. The summed E-state index contributed by atoms with van der Waals surface area (Å²) >= 11 is 0.965. The molecule has 0 saturated carbocycles. The Labute approximate surface area is 105 Å². The molecule has 2 rings (SSSR count). The summed E-state index contributed by atoms with van der Waals surface area (Å²) in [5.74, 6) is 0. The van der Waals surface area contributed by atoms with Crippen molar-refractivity contribution >= 4 is 11.8 Å². The van der Waals surface area contributed by atoms with E-state index in [0.717, 1.165) is 22.4 Å². The number of thioether (sulfide) groups is 1. The molecule has 0 bridgehead atoms. The first-order valence-electron chi connectivity index (χ1n) is 5.32. The Bertz CT molecular complexity index is 555. The van der Waals surface area contributed by atoms with Crippen LogP contribution in [0.15, 0.2) is 21.9 Å². The van der Waals surface area contributed by atoms with E-state index in [1.807, 2.05) is 4.98 Å². The van der Waals surface area contributed by atoms with Gasteiger partial charge in [-0.2, -0.15) is 0 Å². The summed E-state index contributed by atoms with van der Waals surface area (Å²) in [5.41, 5.74) is -3.38. The second kappa shape index (κ2) is 4.52. The summed E-state index contributed by atoms with van der Waals surface area (Å²) in [6, 6.07) is 1.11. The zero-order valence-corrected chi connectivity index (χ0v) is 10.4. The molecule has 6 nitrogen and oxygen atoms in total. The van der Waals surface area contributed by atoms with Gasteiger partial charge in [0.1, 0.15) is 11.5 Å². The van der Waals surface area contributed by atoms with Crippen LogP contribution in [-0.2, 0) is 0 Å². The number of nitrogens with one attached hydrogen (secondary N) is 1. The lowest BCUT2D eigenvalue weighted by molar-refractivity contribution is -0.00608. The smallest absolute Gasteiger partial charge is 0.329 e. The number of hydrogen-bond acceptors (Lipinski definition) is 5. The maximum atomic E-state index is 14.4. The molecule has 4 atom stereocenters. The van der Waals surface area contributed by atoms with Crippen molar-refractivity contribution in [2.45, 2.75) is 29.3 Å². The molecular weight excluding hydrogens is 263 g/mol. The van der Waals surface area contributed by atoms with Crippen LogP contribution in [0.1, 0.15) is 12.3 Å². The van der Waals surface area contributed by atoms with E-state index in [4.69, 9.17) is 5.11 Å². The number of alkyl halides is 1. The van der Waals surface area contributed by atoms with Gasteiger partial charge in [0, 0.05) is 12.3 Å². The first-order valence-corrected chi connectivity index (χ1v) is 6.27. The number of nitrogens with zero attached hydrogens (tertiary/aromatic N) is 1. The van der Waals surface area contributed by atoms with Gasteiger partial charge in [-0.15, -0.1) is 11.8 Å². The summed E-state index contributed by atoms with van der Waals surface area (Å²) in [5, 5.41) is 17.1. The van der Waals surface area contributed by atoms with Gasteiger partial charge < -0.3 is 10.2 Å². The van der Waals surface area contributed by atoms with Crippen LogP contribution in [0.25, 0.3) is 0 Å². The SMILES string of the molecule is C[C@@]1(F)[C@H](O)[C@@H](CO)S[C@H]1n1ccc(=O)[nH]c1=O. The molecule has 1 saturated heterocycles. The van der Waals surface area contributed by atoms with Crippen LogP contribution in [-0.4, -0.2) is 43.4 Å². The highest BCUT2D eigenvalue weighted by molar-refractivity contribution is 8.00. The number of aliphatic hydroxyl groups is 2. The van der Waals surface area contributed by atoms with Gasteiger partial charge >= 0.3 is 5.69 Å². The Balaban J connectivity index is 2.45. The van der Waals surface area contributed by atoms with Crippen molar-refractivity contribution in [1.29, 1.82) is 0 Å². The third kappa shape index (κ3) is 2.00. The fourth-order valence-corrected chi connectivity index (χ4v) is 3.51. The first kappa shape index (κ1) is 13.3. The van der Waals surface area contributed by atoms with Gasteiger partial charge in [0.25, 0.3) is 5.56 Å². The molecule has 0 amide bonds. The predicted octanol–water partition coefficient (Wildman–Crippen LogP) is -0.768. The second-order valence-electron chi connectivity index (χ2n) is 4.32. The van der Waals surface area contributed by atoms with Gasteiger partial charge in [0.15, 0.2) is 5.67 Å². The molecule has 2 heterocycles. The van der Waals surface area contributed by atoms with E-state index in [1.165, 1.54) is 13.1 Å². The average Bonchev–Trinajstić information content (AvgIpc) is 2.52. The number of aromatic nitrogens is 2. The molecule has 0 spiro atoms. The number of aromatic amines is 1. The fourth-order valence-electron chi connectivity index (χ4n) is 1.97. The van der Waals surface area contributed by atoms with Crippen molar-refractivity contribution in [3.63, 3.8) is 0 Å². The number of rotatable bonds is 2. The molecule has 1 fully saturated rings. The van der Waals surface area contributed by atoms with E-state index in [0.29, 0.717) is 0 Å². The molecule has 0 unspecified atom stereocenters. The van der Waals surface area contributed by atoms with Gasteiger partial charge in [-0.1, -0.05) is 0 Å². The number of halogens is 1. The maximum Gasteiger partial charge on any atom is 0.329 e. The van der Waals surface area contributed by atoms with E-state index < -0.39 is 33.6 Å². The monoisotopic (exact) mass is 276 g/mol. The van der Waals surface area contributed by atoms with E-state index in [2.05, 4.69) is 0 Å². The van der Waals surface area contributed by atoms with Gasteiger partial charge in [-0.05, 0) is 6.92 Å². The Morgan fingerprint density at radius 2 is 2.28 bits per heavy atom. The van der Waals surface area contributed by atoms with Crippen LogP contribution in [0.2, 0.25) is 0 Å². The van der Waals surface area contributed by atoms with Crippen LogP contribution in [0.4, 0.5) is 4.39 Å². The molecule has 0 radical (unpaired) electrons. The molecule has 1 aromatic rings. The summed E-state index contributed by atoms with van der Waals surface area (Å²) in [6.07, 6.45) is -0.195. The Morgan fingerprint density at radius 1 is 1.61 bits per heavy atom. The Kier molecular flexibility index (Phi) is 3.35. The second-order valence-corrected chi connectivity index (χ2v) is 5.65. The zero-order chi connectivity index (χ0) is 13.5. The Morgan fingerprint density at radius 3 is 2.78 bits per heavy atom. The largest absolute Gasteiger partial charge is 0.395 e. The van der Waals surface area contributed by atoms with Crippen molar-refractivity contribution in [2.24, 2.45) is 0 Å². The van der Waals surface area contributed by atoms with Crippen molar-refractivity contribution < 1.29 is 14.6 Å². The topological polar surface area (TPSA) is 95.3 Å². The standard InChI is InChI=1S/C10H13FN2O4S/c1-10(11)7(16)5(4-14)18-8(10)13-3-2-6(15)12-9(13)17/h2-3,5,7-8,14,16H,4H2,1H3,(H,12,15,17)/t5-,7-,8-,10-/m1/s1. The molecule has 18 heavy (non-hydrogen) atoms. The molecule has 1 aliphatic rings. The van der Waals surface area contributed by atoms with Crippen molar-refractivity contribution in [1.82, 2.24) is 9.55 Å². The average molecular weight is 276 g/mol. The third-order valence-corrected chi connectivity index (χ3v) is 4.70. The summed E-state index contributed by atoms with van der Waals surface area (Å²) in [4.78, 5) is 24.6. The normalized spacial score (nSPS) is 35.9. The summed E-state index contributed by atoms with van der Waals surface area (Å²) in [6.45, 7) is 0.780. The lowest BCUT2D eigenvalue weighted by atomic mass is 9.98. The molecule has 100 valence electrons. The molecule has 1 aliphatic heterocycles. The molecule has 3 N–H and O–H groups in total. The number of H-pyrrole nitrogens is 1. The maximum absolute atomic E-state index is 14.4. The van der Waals surface area contributed by atoms with E-state index in [-0.39, 0.29) is 6.61 Å². The predicted molar refractivity (Wildman–Crippen MR) is 64.3 cm³/mol. The highest BCUT2D eigenvalue weighted by atomic mass is 32.2. The van der Waals surface area contributed by atoms with Gasteiger partial charge in [-0.3, -0.25) is 14.3 Å². The molecule has 0 aromatic carbocycles. The lowest BCUT2D eigenvalue weighted by Gasteiger charge is -2.25. The summed E-state index contributed by atoms with van der Waals surface area (Å²) < 4.78 is 15.5. The number of hydrogen-bond donors (Lipinski definition) is 3. The minimum absolute atomic E-state index is 0.389. The quantitative estimate of drug-likeness (QED) is 0.659. The minimum atomic E-state index is -2.07. The molecule has 8 heteroatoms. The van der Waals surface area contributed by atoms with Crippen LogP contribution >= 0.6 is 11.8 Å². The molecular formula is C10H13FN2O4S. The zero-order valence-electron chi connectivity index (χ0n) is 9.54. The number of aliphatic hydroxyl groups excluding tert-OH is 2. The Hall–Kier alpha value is -1.12. The fraction of sp³-hybridized carbons (Fsp3) is 0.600. The van der Waals surface area contributed by atoms with E-state index in [9.17, 15) is 19.1 Å². The first-order chi connectivity index (χ1) is 8.37. The van der Waals surface area contributed by atoms with Crippen LogP contribution in [0, 0.1) is 0 Å². The molecule has 1 aromatic heterocycles. The highest BCUT2D eigenvalue weighted by Crippen LogP contribution is 2.49. The van der Waals surface area contributed by atoms with E-state index >= 15 is 0 Å². The lowest BCUT2D eigenvalue weighted by Crippen LogP contribution is -2.43. The van der Waals surface area contributed by atoms with Gasteiger partial charge in [-0.25, -0.2) is 9.18 Å². The third-order valence-electron chi connectivity index (χ3n) is 3.00. The van der Waals surface area contributed by atoms with E-state index in [1.54, 1.807) is 0 Å². The van der Waals surface area contributed by atoms with Crippen LogP contribution in [0.5, 0.6) is 0 Å². The van der Waals surface area contributed by atoms with Gasteiger partial charge in [0.2, 0.25) is 0 Å². The van der Waals surface area contributed by atoms with Crippen molar-refractivity contribution in [3.8, 4) is 0 Å². The highest BCUT2D eigenvalue weighted by Gasteiger charge is 2.54.